The molecule has 0 amide bonds. The van der Waals surface area contributed by atoms with Crippen LogP contribution in [0.1, 0.15) is 19.9 Å². The molecule has 21 heavy (non-hydrogen) atoms. The Morgan fingerprint density at radius 1 is 1.33 bits per heavy atom. The number of nitrogens with zero attached hydrogens (tertiary/aromatic N) is 2. The first-order valence-corrected chi connectivity index (χ1v) is 8.26. The number of halogens is 2. The Balaban J connectivity index is 2.36. The Kier molecular flexibility index (Phi) is 4.36. The van der Waals surface area contributed by atoms with Crippen molar-refractivity contribution in [1.29, 1.82) is 0 Å². The Bertz CT molecular complexity index is 772. The predicted molar refractivity (Wildman–Crippen MR) is 84.3 cm³/mol. The van der Waals surface area contributed by atoms with Gasteiger partial charge in [-0.15, -0.1) is 0 Å². The SMILES string of the molecule is CC(C)n1cc(NS(=O)(=O)c2ccc(Cl)c(N)c2Cl)cn1. The molecule has 2 aromatic rings. The highest BCUT2D eigenvalue weighted by Crippen LogP contribution is 2.33. The lowest BCUT2D eigenvalue weighted by atomic mass is 10.3. The molecule has 2 rings (SSSR count). The van der Waals surface area contributed by atoms with E-state index in [1.54, 1.807) is 10.9 Å². The number of aromatic nitrogens is 2. The first kappa shape index (κ1) is 15.9. The van der Waals surface area contributed by atoms with Gasteiger partial charge in [0, 0.05) is 12.2 Å². The van der Waals surface area contributed by atoms with Gasteiger partial charge < -0.3 is 5.73 Å². The number of nitrogens with two attached hydrogens (primary N) is 1. The third-order valence-electron chi connectivity index (χ3n) is 2.76. The van der Waals surface area contributed by atoms with Crippen molar-refractivity contribution >= 4 is 44.6 Å². The second kappa shape index (κ2) is 5.75. The second-order valence-corrected chi connectivity index (χ2v) is 7.12. The number of anilines is 2. The normalized spacial score (nSPS) is 11.9. The molecule has 0 saturated carbocycles. The Labute approximate surface area is 132 Å². The Hall–Kier alpha value is -1.44. The van der Waals surface area contributed by atoms with Crippen molar-refractivity contribution < 1.29 is 8.42 Å². The summed E-state index contributed by atoms with van der Waals surface area (Å²) in [5, 5.41) is 4.15. The number of nitrogen functional groups attached to an aromatic ring is 1. The van der Waals surface area contributed by atoms with E-state index >= 15 is 0 Å². The van der Waals surface area contributed by atoms with Crippen molar-refractivity contribution in [2.24, 2.45) is 0 Å². The molecule has 1 aromatic carbocycles. The third kappa shape index (κ3) is 3.25. The fraction of sp³-hybridized carbons (Fsp3) is 0.250. The molecular formula is C12H14Cl2N4O2S. The summed E-state index contributed by atoms with van der Waals surface area (Å²) >= 11 is 11.8. The maximum Gasteiger partial charge on any atom is 0.263 e. The number of hydrogen-bond acceptors (Lipinski definition) is 4. The van der Waals surface area contributed by atoms with Crippen molar-refractivity contribution in [2.45, 2.75) is 24.8 Å². The van der Waals surface area contributed by atoms with Crippen molar-refractivity contribution in [2.75, 3.05) is 10.5 Å². The van der Waals surface area contributed by atoms with Gasteiger partial charge in [-0.3, -0.25) is 9.40 Å². The van der Waals surface area contributed by atoms with E-state index < -0.39 is 10.0 Å². The highest BCUT2D eigenvalue weighted by atomic mass is 35.5. The summed E-state index contributed by atoms with van der Waals surface area (Å²) in [5.74, 6) is 0. The number of rotatable bonds is 4. The van der Waals surface area contributed by atoms with Crippen LogP contribution in [0.25, 0.3) is 0 Å². The lowest BCUT2D eigenvalue weighted by molar-refractivity contribution is 0.532. The van der Waals surface area contributed by atoms with Gasteiger partial charge in [-0.1, -0.05) is 23.2 Å². The van der Waals surface area contributed by atoms with Crippen LogP contribution in [-0.2, 0) is 10.0 Å². The molecule has 0 saturated heterocycles. The van der Waals surface area contributed by atoms with Gasteiger partial charge in [-0.2, -0.15) is 5.10 Å². The van der Waals surface area contributed by atoms with E-state index in [9.17, 15) is 8.42 Å². The smallest absolute Gasteiger partial charge is 0.263 e. The minimum Gasteiger partial charge on any atom is -0.396 e. The molecule has 0 radical (unpaired) electrons. The summed E-state index contributed by atoms with van der Waals surface area (Å²) in [6, 6.07) is 2.81. The average Bonchev–Trinajstić information content (AvgIpc) is 2.83. The van der Waals surface area contributed by atoms with Gasteiger partial charge in [-0.05, 0) is 26.0 Å². The molecule has 1 aromatic heterocycles. The molecule has 0 unspecified atom stereocenters. The van der Waals surface area contributed by atoms with Crippen LogP contribution < -0.4 is 10.5 Å². The average molecular weight is 349 g/mol. The first-order valence-electron chi connectivity index (χ1n) is 6.03. The largest absolute Gasteiger partial charge is 0.396 e. The highest BCUT2D eigenvalue weighted by molar-refractivity contribution is 7.92. The molecule has 0 fully saturated rings. The van der Waals surface area contributed by atoms with Crippen LogP contribution in [0.2, 0.25) is 10.0 Å². The van der Waals surface area contributed by atoms with Gasteiger partial charge in [0.05, 0.1) is 27.6 Å². The number of benzene rings is 1. The zero-order valence-electron chi connectivity index (χ0n) is 11.3. The molecule has 3 N–H and O–H groups in total. The number of nitrogens with one attached hydrogen (secondary N) is 1. The zero-order valence-corrected chi connectivity index (χ0v) is 13.7. The third-order valence-corrected chi connectivity index (χ3v) is 5.04. The zero-order chi connectivity index (χ0) is 15.8. The summed E-state index contributed by atoms with van der Waals surface area (Å²) in [6.45, 7) is 3.87. The highest BCUT2D eigenvalue weighted by Gasteiger charge is 2.21. The minimum absolute atomic E-state index is 0.0269. The van der Waals surface area contributed by atoms with Crippen LogP contribution in [0.4, 0.5) is 11.4 Å². The van der Waals surface area contributed by atoms with Crippen LogP contribution in [0, 0.1) is 0 Å². The van der Waals surface area contributed by atoms with Crippen molar-refractivity contribution in [3.8, 4) is 0 Å². The number of sulfonamides is 1. The van der Waals surface area contributed by atoms with Gasteiger partial charge in [0.1, 0.15) is 4.90 Å². The van der Waals surface area contributed by atoms with Crippen LogP contribution in [-0.4, -0.2) is 18.2 Å². The number of hydrogen-bond donors (Lipinski definition) is 2. The minimum atomic E-state index is -3.87. The van der Waals surface area contributed by atoms with E-state index in [-0.39, 0.29) is 26.7 Å². The van der Waals surface area contributed by atoms with E-state index in [4.69, 9.17) is 28.9 Å². The topological polar surface area (TPSA) is 90.0 Å². The van der Waals surface area contributed by atoms with Crippen molar-refractivity contribution in [3.63, 3.8) is 0 Å². The molecule has 0 aliphatic heterocycles. The molecule has 6 nitrogen and oxygen atoms in total. The Morgan fingerprint density at radius 3 is 2.57 bits per heavy atom. The maximum atomic E-state index is 12.3. The molecule has 0 aliphatic carbocycles. The van der Waals surface area contributed by atoms with Gasteiger partial charge >= 0.3 is 0 Å². The van der Waals surface area contributed by atoms with Crippen LogP contribution >= 0.6 is 23.2 Å². The fourth-order valence-electron chi connectivity index (χ4n) is 1.64. The summed E-state index contributed by atoms with van der Waals surface area (Å²) in [4.78, 5) is -0.136. The lowest BCUT2D eigenvalue weighted by Crippen LogP contribution is -2.13. The van der Waals surface area contributed by atoms with Gasteiger partial charge in [-0.25, -0.2) is 8.42 Å². The van der Waals surface area contributed by atoms with Gasteiger partial charge in [0.25, 0.3) is 10.0 Å². The van der Waals surface area contributed by atoms with Gasteiger partial charge in [0.15, 0.2) is 0 Å². The van der Waals surface area contributed by atoms with E-state index in [1.165, 1.54) is 18.3 Å². The van der Waals surface area contributed by atoms with E-state index in [1.807, 2.05) is 13.8 Å². The Morgan fingerprint density at radius 2 is 2.00 bits per heavy atom. The van der Waals surface area contributed by atoms with E-state index in [2.05, 4.69) is 9.82 Å². The van der Waals surface area contributed by atoms with Crippen LogP contribution in [0.5, 0.6) is 0 Å². The quantitative estimate of drug-likeness (QED) is 0.830. The molecule has 0 atom stereocenters. The first-order chi connectivity index (χ1) is 9.72. The molecule has 1 heterocycles. The van der Waals surface area contributed by atoms with Gasteiger partial charge in [0.2, 0.25) is 0 Å². The predicted octanol–water partition coefficient (Wildman–Crippen LogP) is 3.15. The van der Waals surface area contributed by atoms with Crippen molar-refractivity contribution in [1.82, 2.24) is 9.78 Å². The molecular weight excluding hydrogens is 335 g/mol. The molecule has 0 aliphatic rings. The summed E-state index contributed by atoms with van der Waals surface area (Å²) in [5.41, 5.74) is 6.01. The molecule has 0 spiro atoms. The fourth-order valence-corrected chi connectivity index (χ4v) is 3.43. The summed E-state index contributed by atoms with van der Waals surface area (Å²) in [6.07, 6.45) is 3.01. The molecule has 9 heteroatoms. The van der Waals surface area contributed by atoms with Crippen LogP contribution in [0.3, 0.4) is 0 Å². The standard InChI is InChI=1S/C12H14Cl2N4O2S/c1-7(2)18-6-8(5-16-18)17-21(19,20)10-4-3-9(13)12(15)11(10)14/h3-7,17H,15H2,1-2H3. The van der Waals surface area contributed by atoms with Crippen LogP contribution in [0.15, 0.2) is 29.4 Å². The lowest BCUT2D eigenvalue weighted by Gasteiger charge is -2.10. The van der Waals surface area contributed by atoms with Crippen molar-refractivity contribution in [3.05, 3.63) is 34.6 Å². The second-order valence-electron chi connectivity index (χ2n) is 4.68. The van der Waals surface area contributed by atoms with E-state index in [0.717, 1.165) is 0 Å². The molecule has 114 valence electrons. The molecule has 0 bridgehead atoms. The monoisotopic (exact) mass is 348 g/mol. The van der Waals surface area contributed by atoms with E-state index in [0.29, 0.717) is 5.69 Å². The summed E-state index contributed by atoms with van der Waals surface area (Å²) < 4.78 is 28.7. The summed E-state index contributed by atoms with van der Waals surface area (Å²) in [7, 11) is -3.87. The maximum absolute atomic E-state index is 12.3.